The molecule has 3 unspecified atom stereocenters. The minimum atomic E-state index is -2.15. The molecule has 2 saturated heterocycles. The largest absolute Gasteiger partial charge is 0.409 e. The van der Waals surface area contributed by atoms with Crippen LogP contribution in [0.3, 0.4) is 0 Å². The number of rotatable bonds is 5. The molecule has 0 aliphatic carbocycles. The first-order chi connectivity index (χ1) is 13.6. The Morgan fingerprint density at radius 1 is 1.40 bits per heavy atom. The van der Waals surface area contributed by atoms with E-state index in [0.29, 0.717) is 30.3 Å². The van der Waals surface area contributed by atoms with E-state index in [0.717, 1.165) is 0 Å². The van der Waals surface area contributed by atoms with Crippen LogP contribution in [0.15, 0.2) is 15.8 Å². The maximum absolute atomic E-state index is 12.4. The molecular weight excluding hydrogens is 420 g/mol. The Labute approximate surface area is 183 Å². The number of thioether (sulfide) groups is 1. The molecule has 0 spiro atoms. The van der Waals surface area contributed by atoms with Crippen LogP contribution in [0.4, 0.5) is 0 Å². The van der Waals surface area contributed by atoms with Crippen molar-refractivity contribution in [2.24, 2.45) is 5.41 Å². The van der Waals surface area contributed by atoms with Gasteiger partial charge in [-0.15, -0.1) is 11.8 Å². The van der Waals surface area contributed by atoms with E-state index in [-0.39, 0.29) is 16.0 Å². The molecular formula is C21H36N2O5SSi. The van der Waals surface area contributed by atoms with Gasteiger partial charge >= 0.3 is 5.69 Å². The van der Waals surface area contributed by atoms with E-state index in [9.17, 15) is 14.7 Å². The average Bonchev–Trinajstić information content (AvgIpc) is 3.00. The lowest BCUT2D eigenvalue weighted by Crippen LogP contribution is -2.57. The van der Waals surface area contributed by atoms with E-state index in [1.807, 2.05) is 0 Å². The molecule has 0 amide bonds. The summed E-state index contributed by atoms with van der Waals surface area (Å²) in [6.45, 7) is 17.3. The maximum atomic E-state index is 12.4. The first-order valence-corrected chi connectivity index (χ1v) is 14.4. The Morgan fingerprint density at radius 3 is 2.57 bits per heavy atom. The molecule has 2 N–H and O–H groups in total. The highest BCUT2D eigenvalue weighted by Crippen LogP contribution is 2.58. The van der Waals surface area contributed by atoms with Crippen molar-refractivity contribution in [3.05, 3.63) is 32.6 Å². The van der Waals surface area contributed by atoms with Gasteiger partial charge in [0.2, 0.25) is 0 Å². The van der Waals surface area contributed by atoms with Crippen LogP contribution in [0.1, 0.15) is 59.3 Å². The summed E-state index contributed by atoms with van der Waals surface area (Å²) in [5, 5.41) is 10.9. The fraction of sp³-hybridized carbons (Fsp3) is 0.810. The van der Waals surface area contributed by atoms with Crippen LogP contribution in [0.25, 0.3) is 0 Å². The molecule has 9 heteroatoms. The fourth-order valence-corrected chi connectivity index (χ4v) is 7.03. The third-order valence-corrected chi connectivity index (χ3v) is 13.6. The number of hydrogen-bond donors (Lipinski definition) is 2. The molecule has 170 valence electrons. The number of aryl methyl sites for hydroxylation is 1. The molecule has 5 atom stereocenters. The molecule has 0 aromatic carbocycles. The van der Waals surface area contributed by atoms with Crippen LogP contribution < -0.4 is 11.2 Å². The lowest BCUT2D eigenvalue weighted by molar-refractivity contribution is -0.0370. The van der Waals surface area contributed by atoms with E-state index >= 15 is 0 Å². The summed E-state index contributed by atoms with van der Waals surface area (Å²) in [6.07, 6.45) is 2.22. The van der Waals surface area contributed by atoms with Crippen molar-refractivity contribution in [1.29, 1.82) is 0 Å². The first kappa shape index (κ1) is 23.8. The van der Waals surface area contributed by atoms with Gasteiger partial charge in [0.1, 0.15) is 11.7 Å². The lowest BCUT2D eigenvalue weighted by Gasteiger charge is -2.54. The number of hydrogen-bond acceptors (Lipinski definition) is 6. The van der Waals surface area contributed by atoms with E-state index in [2.05, 4.69) is 52.7 Å². The molecule has 0 radical (unpaired) electrons. The highest BCUT2D eigenvalue weighted by atomic mass is 32.2. The molecule has 0 bridgehead atoms. The zero-order valence-corrected chi connectivity index (χ0v) is 21.2. The SMILES string of the molecule is Cc1cn([C@H]2CC(C[C@@]3(C)C(C)SC3O)(O[Si](C)(C)C(C)(C)C)CO2)c(=O)[nH]c1=O. The van der Waals surface area contributed by atoms with Crippen LogP contribution in [-0.2, 0) is 9.16 Å². The van der Waals surface area contributed by atoms with Crippen molar-refractivity contribution in [3.8, 4) is 0 Å². The van der Waals surface area contributed by atoms with E-state index in [1.165, 1.54) is 4.57 Å². The number of aromatic nitrogens is 2. The Kier molecular flexibility index (Phi) is 6.04. The van der Waals surface area contributed by atoms with Crippen LogP contribution >= 0.6 is 11.8 Å². The normalized spacial score (nSPS) is 34.8. The number of aliphatic hydroxyl groups is 1. The van der Waals surface area contributed by atoms with Gasteiger partial charge in [-0.3, -0.25) is 14.3 Å². The van der Waals surface area contributed by atoms with E-state index in [1.54, 1.807) is 24.9 Å². The fourth-order valence-electron chi connectivity index (χ4n) is 4.15. The Balaban J connectivity index is 1.96. The van der Waals surface area contributed by atoms with Crippen molar-refractivity contribution in [2.75, 3.05) is 6.61 Å². The number of ether oxygens (including phenoxy) is 1. The molecule has 1 aromatic rings. The maximum Gasteiger partial charge on any atom is 0.330 e. The van der Waals surface area contributed by atoms with Crippen molar-refractivity contribution >= 4 is 20.1 Å². The van der Waals surface area contributed by atoms with Crippen LogP contribution in [0, 0.1) is 12.3 Å². The van der Waals surface area contributed by atoms with Crippen LogP contribution in [0.2, 0.25) is 18.1 Å². The minimum Gasteiger partial charge on any atom is -0.409 e. The molecule has 3 heterocycles. The van der Waals surface area contributed by atoms with Crippen molar-refractivity contribution < 1.29 is 14.3 Å². The number of aromatic amines is 1. The standard InChI is InChI=1S/C21H36N2O5SSi/c1-13-10-23(18(26)22-16(13)24)15-9-21(12-27-15,28-30(7,8)19(3,4)5)11-20(6)14(2)29-17(20)25/h10,14-15,17,25H,9,11-12H2,1-8H3,(H,22,24,26)/t14?,15-,17?,20+,21?/m1/s1. The van der Waals surface area contributed by atoms with Gasteiger partial charge in [-0.2, -0.15) is 0 Å². The van der Waals surface area contributed by atoms with E-state index < -0.39 is 31.3 Å². The zero-order valence-electron chi connectivity index (χ0n) is 19.4. The summed E-state index contributed by atoms with van der Waals surface area (Å²) in [5.74, 6) is 0. The van der Waals surface area contributed by atoms with Gasteiger partial charge in [-0.1, -0.05) is 34.6 Å². The molecule has 1 aromatic heterocycles. The number of nitrogens with zero attached hydrogens (tertiary/aromatic N) is 1. The second kappa shape index (κ2) is 7.62. The van der Waals surface area contributed by atoms with Gasteiger partial charge in [0, 0.05) is 28.8 Å². The van der Waals surface area contributed by atoms with Gasteiger partial charge in [0.25, 0.3) is 5.56 Å². The van der Waals surface area contributed by atoms with Gasteiger partial charge in [0.05, 0.1) is 12.2 Å². The third kappa shape index (κ3) is 4.11. The van der Waals surface area contributed by atoms with Gasteiger partial charge in [-0.25, -0.2) is 4.79 Å². The van der Waals surface area contributed by atoms with Crippen molar-refractivity contribution in [2.45, 2.75) is 95.0 Å². The Morgan fingerprint density at radius 2 is 2.03 bits per heavy atom. The summed E-state index contributed by atoms with van der Waals surface area (Å²) in [7, 11) is -2.15. The average molecular weight is 457 g/mol. The second-order valence-electron chi connectivity index (χ2n) is 10.8. The summed E-state index contributed by atoms with van der Waals surface area (Å²) < 4.78 is 14.6. The molecule has 30 heavy (non-hydrogen) atoms. The number of nitrogens with one attached hydrogen (secondary N) is 1. The molecule has 7 nitrogen and oxygen atoms in total. The predicted molar refractivity (Wildman–Crippen MR) is 122 cm³/mol. The third-order valence-electron chi connectivity index (χ3n) is 7.35. The number of aliphatic hydroxyl groups excluding tert-OH is 1. The molecule has 3 rings (SSSR count). The monoisotopic (exact) mass is 456 g/mol. The Bertz CT molecular complexity index is 904. The first-order valence-electron chi connectivity index (χ1n) is 10.6. The minimum absolute atomic E-state index is 0.0169. The summed E-state index contributed by atoms with van der Waals surface area (Å²) in [6, 6.07) is 0. The van der Waals surface area contributed by atoms with Crippen molar-refractivity contribution in [1.82, 2.24) is 9.55 Å². The van der Waals surface area contributed by atoms with Crippen molar-refractivity contribution in [3.63, 3.8) is 0 Å². The smallest absolute Gasteiger partial charge is 0.330 e. The van der Waals surface area contributed by atoms with E-state index in [4.69, 9.17) is 9.16 Å². The summed E-state index contributed by atoms with van der Waals surface area (Å²) in [4.78, 5) is 26.6. The zero-order chi connectivity index (χ0) is 22.7. The molecule has 2 fully saturated rings. The lowest BCUT2D eigenvalue weighted by atomic mass is 9.75. The highest BCUT2D eigenvalue weighted by Gasteiger charge is 2.58. The van der Waals surface area contributed by atoms with Crippen LogP contribution in [0.5, 0.6) is 0 Å². The van der Waals surface area contributed by atoms with Gasteiger partial charge in [0.15, 0.2) is 8.32 Å². The number of H-pyrrole nitrogens is 1. The molecule has 0 saturated carbocycles. The van der Waals surface area contributed by atoms with Crippen LogP contribution in [-0.4, -0.2) is 45.9 Å². The predicted octanol–water partition coefficient (Wildman–Crippen LogP) is 3.37. The van der Waals surface area contributed by atoms with Gasteiger partial charge < -0.3 is 14.3 Å². The van der Waals surface area contributed by atoms with Gasteiger partial charge in [-0.05, 0) is 31.5 Å². The molecule has 2 aliphatic rings. The quantitative estimate of drug-likeness (QED) is 0.660. The second-order valence-corrected chi connectivity index (χ2v) is 17.0. The highest BCUT2D eigenvalue weighted by molar-refractivity contribution is 8.01. The summed E-state index contributed by atoms with van der Waals surface area (Å²) in [5.41, 5.74) is -1.71. The topological polar surface area (TPSA) is 93.6 Å². The summed E-state index contributed by atoms with van der Waals surface area (Å²) >= 11 is 1.57. The Hall–Kier alpha value is -0.873. The molecule has 2 aliphatic heterocycles.